The van der Waals surface area contributed by atoms with Crippen LogP contribution in [-0.4, -0.2) is 15.7 Å². The Morgan fingerprint density at radius 3 is 2.61 bits per heavy atom. The van der Waals surface area contributed by atoms with Crippen molar-refractivity contribution in [3.05, 3.63) is 75.0 Å². The number of hydrogen-bond donors (Lipinski definition) is 3. The molecule has 0 aliphatic carbocycles. The fourth-order valence-electron chi connectivity index (χ4n) is 2.68. The lowest BCUT2D eigenvalue weighted by Crippen LogP contribution is -2.25. The van der Waals surface area contributed by atoms with E-state index in [1.54, 1.807) is 18.2 Å². The first kappa shape index (κ1) is 21.0. The topological polar surface area (TPSA) is 86.6 Å². The van der Waals surface area contributed by atoms with Crippen molar-refractivity contribution >= 4 is 64.2 Å². The molecular weight excluding hydrogens is 447 g/mol. The number of fused-ring (bicyclic) bond motifs is 1. The Labute approximate surface area is 173 Å². The third-order valence-corrected chi connectivity index (χ3v) is 6.45. The van der Waals surface area contributed by atoms with E-state index in [2.05, 4.69) is 5.32 Å². The van der Waals surface area contributed by atoms with Crippen molar-refractivity contribution in [1.82, 2.24) is 5.32 Å². The molecule has 1 aromatic heterocycles. The molecule has 28 heavy (non-hydrogen) atoms. The van der Waals surface area contributed by atoms with Crippen LogP contribution in [0.25, 0.3) is 16.2 Å². The van der Waals surface area contributed by atoms with E-state index in [1.165, 1.54) is 41.1 Å². The molecule has 1 amide bonds. The van der Waals surface area contributed by atoms with Gasteiger partial charge in [-0.2, -0.15) is 0 Å². The molecule has 0 aliphatic heterocycles. The lowest BCUT2D eigenvalue weighted by atomic mass is 10.1. The SMILES string of the molecule is O=C(N/C=C/c1cc(F)cc(Cl)c1)C(c1csc2ccc(Cl)cc12)P(=O)(O)O. The van der Waals surface area contributed by atoms with Crippen LogP contribution in [0.2, 0.25) is 10.0 Å². The first-order valence-corrected chi connectivity index (χ1v) is 11.1. The van der Waals surface area contributed by atoms with E-state index in [0.717, 1.165) is 10.8 Å². The van der Waals surface area contributed by atoms with Gasteiger partial charge in [0.1, 0.15) is 5.82 Å². The first-order chi connectivity index (χ1) is 13.1. The Balaban J connectivity index is 1.89. The van der Waals surface area contributed by atoms with Gasteiger partial charge in [0.15, 0.2) is 5.66 Å². The minimum atomic E-state index is -4.83. The lowest BCUT2D eigenvalue weighted by molar-refractivity contribution is -0.120. The summed E-state index contributed by atoms with van der Waals surface area (Å²) < 4.78 is 26.1. The van der Waals surface area contributed by atoms with Gasteiger partial charge in [-0.15, -0.1) is 11.3 Å². The standard InChI is InChI=1S/C18H13Cl2FNO4PS/c19-11-1-2-16-14(8-11)15(9-28-16)17(27(24,25)26)18(23)22-4-3-10-5-12(20)7-13(21)6-10/h1-9,17H,(H,22,23)(H2,24,25,26)/b4-3+. The Hall–Kier alpha value is -1.73. The van der Waals surface area contributed by atoms with E-state index in [-0.39, 0.29) is 10.6 Å². The number of carbonyl (C=O) groups is 1. The summed E-state index contributed by atoms with van der Waals surface area (Å²) in [5, 5.41) is 4.94. The Morgan fingerprint density at radius 1 is 1.18 bits per heavy atom. The zero-order valence-corrected chi connectivity index (χ0v) is 17.2. The van der Waals surface area contributed by atoms with Gasteiger partial charge in [-0.25, -0.2) is 4.39 Å². The zero-order valence-electron chi connectivity index (χ0n) is 14.0. The molecule has 0 aliphatic rings. The highest BCUT2D eigenvalue weighted by atomic mass is 35.5. The molecule has 0 bridgehead atoms. The number of thiophene rings is 1. The maximum atomic E-state index is 13.3. The quantitative estimate of drug-likeness (QED) is 0.448. The summed E-state index contributed by atoms with van der Waals surface area (Å²) in [7, 11) is -4.83. The number of rotatable bonds is 5. The van der Waals surface area contributed by atoms with Gasteiger partial charge in [0.2, 0.25) is 5.91 Å². The van der Waals surface area contributed by atoms with Crippen LogP contribution < -0.4 is 5.32 Å². The third-order valence-electron chi connectivity index (χ3n) is 3.83. The van der Waals surface area contributed by atoms with Gasteiger partial charge >= 0.3 is 7.60 Å². The van der Waals surface area contributed by atoms with Crippen LogP contribution in [0.1, 0.15) is 16.8 Å². The molecule has 146 valence electrons. The molecule has 1 heterocycles. The zero-order chi connectivity index (χ0) is 20.5. The minimum Gasteiger partial charge on any atom is -0.332 e. The summed E-state index contributed by atoms with van der Waals surface area (Å²) in [6, 6.07) is 8.74. The molecule has 3 rings (SSSR count). The third kappa shape index (κ3) is 4.81. The normalized spacial score (nSPS) is 13.2. The largest absolute Gasteiger partial charge is 0.342 e. The van der Waals surface area contributed by atoms with Crippen molar-refractivity contribution in [2.75, 3.05) is 0 Å². The summed E-state index contributed by atoms with van der Waals surface area (Å²) in [4.78, 5) is 32.1. The first-order valence-electron chi connectivity index (χ1n) is 7.80. The minimum absolute atomic E-state index is 0.181. The van der Waals surface area contributed by atoms with Crippen molar-refractivity contribution in [2.24, 2.45) is 0 Å². The van der Waals surface area contributed by atoms with Crippen molar-refractivity contribution < 1.29 is 23.5 Å². The molecule has 2 aromatic carbocycles. The summed E-state index contributed by atoms with van der Waals surface area (Å²) in [6.07, 6.45) is 2.55. The summed E-state index contributed by atoms with van der Waals surface area (Å²) in [6.45, 7) is 0. The van der Waals surface area contributed by atoms with Gasteiger partial charge in [0.05, 0.1) is 0 Å². The van der Waals surface area contributed by atoms with E-state index in [9.17, 15) is 23.5 Å². The molecular formula is C18H13Cl2FNO4PS. The van der Waals surface area contributed by atoms with Gasteiger partial charge in [0, 0.05) is 20.9 Å². The van der Waals surface area contributed by atoms with E-state index in [0.29, 0.717) is 16.0 Å². The van der Waals surface area contributed by atoms with Gasteiger partial charge in [-0.1, -0.05) is 23.2 Å². The molecule has 3 aromatic rings. The molecule has 0 spiro atoms. The monoisotopic (exact) mass is 459 g/mol. The van der Waals surface area contributed by atoms with E-state index >= 15 is 0 Å². The average Bonchev–Trinajstić information content (AvgIpc) is 2.95. The summed E-state index contributed by atoms with van der Waals surface area (Å²) in [5.41, 5.74) is -1.14. The summed E-state index contributed by atoms with van der Waals surface area (Å²) in [5.74, 6) is -1.44. The maximum Gasteiger partial charge on any atom is 0.342 e. The van der Waals surface area contributed by atoms with Crippen LogP contribution in [0.15, 0.2) is 48.0 Å². The van der Waals surface area contributed by atoms with Gasteiger partial charge < -0.3 is 15.1 Å². The number of halogens is 3. The second kappa shape index (κ2) is 8.33. The van der Waals surface area contributed by atoms with Crippen LogP contribution in [0.4, 0.5) is 4.39 Å². The Kier molecular flexibility index (Phi) is 6.25. The van der Waals surface area contributed by atoms with Crippen LogP contribution in [0.3, 0.4) is 0 Å². The Bertz CT molecular complexity index is 1110. The van der Waals surface area contributed by atoms with Crippen LogP contribution in [0, 0.1) is 5.82 Å². The number of nitrogens with one attached hydrogen (secondary N) is 1. The fraction of sp³-hybridized carbons (Fsp3) is 0.0556. The lowest BCUT2D eigenvalue weighted by Gasteiger charge is -2.16. The summed E-state index contributed by atoms with van der Waals surface area (Å²) >= 11 is 13.0. The maximum absolute atomic E-state index is 13.3. The molecule has 10 heteroatoms. The van der Waals surface area contributed by atoms with E-state index in [4.69, 9.17) is 23.2 Å². The van der Waals surface area contributed by atoms with Gasteiger partial charge in [-0.05, 0) is 64.4 Å². The average molecular weight is 460 g/mol. The number of benzene rings is 2. The van der Waals surface area contributed by atoms with Crippen molar-refractivity contribution in [3.63, 3.8) is 0 Å². The van der Waals surface area contributed by atoms with Crippen LogP contribution >= 0.6 is 42.1 Å². The van der Waals surface area contributed by atoms with E-state index in [1.807, 2.05) is 0 Å². The van der Waals surface area contributed by atoms with Crippen molar-refractivity contribution in [2.45, 2.75) is 5.66 Å². The Morgan fingerprint density at radius 2 is 1.93 bits per heavy atom. The predicted octanol–water partition coefficient (Wildman–Crippen LogP) is 5.35. The molecule has 0 saturated carbocycles. The molecule has 1 atom stereocenters. The predicted molar refractivity (Wildman–Crippen MR) is 110 cm³/mol. The van der Waals surface area contributed by atoms with Gasteiger partial charge in [-0.3, -0.25) is 9.36 Å². The number of hydrogen-bond acceptors (Lipinski definition) is 3. The number of carbonyl (C=O) groups excluding carboxylic acids is 1. The van der Waals surface area contributed by atoms with Crippen molar-refractivity contribution in [3.8, 4) is 0 Å². The molecule has 5 nitrogen and oxygen atoms in total. The van der Waals surface area contributed by atoms with Crippen LogP contribution in [0.5, 0.6) is 0 Å². The fourth-order valence-corrected chi connectivity index (χ4v) is 5.10. The van der Waals surface area contributed by atoms with Gasteiger partial charge in [0.25, 0.3) is 0 Å². The van der Waals surface area contributed by atoms with Crippen molar-refractivity contribution in [1.29, 1.82) is 0 Å². The second-order valence-electron chi connectivity index (χ2n) is 5.87. The highest BCUT2D eigenvalue weighted by molar-refractivity contribution is 7.53. The smallest absolute Gasteiger partial charge is 0.332 e. The molecule has 0 saturated heterocycles. The number of amides is 1. The molecule has 1 unspecified atom stereocenters. The highest BCUT2D eigenvalue weighted by Crippen LogP contribution is 2.54. The van der Waals surface area contributed by atoms with E-state index < -0.39 is 25.0 Å². The second-order valence-corrected chi connectivity index (χ2v) is 9.35. The molecule has 0 fully saturated rings. The molecule has 3 N–H and O–H groups in total. The highest BCUT2D eigenvalue weighted by Gasteiger charge is 2.38. The molecule has 0 radical (unpaired) electrons. The van der Waals surface area contributed by atoms with Crippen LogP contribution in [-0.2, 0) is 9.36 Å².